The van der Waals surface area contributed by atoms with Gasteiger partial charge in [0.05, 0.1) is 17.1 Å². The molecule has 0 aliphatic carbocycles. The Kier molecular flexibility index (Phi) is 7.38. The number of hydrogen-bond donors (Lipinski definition) is 0. The van der Waals surface area contributed by atoms with Gasteiger partial charge in [-0.3, -0.25) is 14.8 Å². The van der Waals surface area contributed by atoms with E-state index in [-0.39, 0.29) is 41.0 Å². The van der Waals surface area contributed by atoms with Gasteiger partial charge in [-0.25, -0.2) is 21.6 Å². The Balaban J connectivity index is 1.50. The molecule has 0 saturated carbocycles. The molecule has 0 radical (unpaired) electrons. The van der Waals surface area contributed by atoms with E-state index in [0.717, 1.165) is 47.0 Å². The van der Waals surface area contributed by atoms with Crippen molar-refractivity contribution in [3.8, 4) is 11.1 Å². The largest absolute Gasteiger partial charge is 0.433 e. The van der Waals surface area contributed by atoms with E-state index in [1.54, 1.807) is 0 Å². The molecule has 0 spiro atoms. The third kappa shape index (κ3) is 5.82. The van der Waals surface area contributed by atoms with Crippen LogP contribution in [0.25, 0.3) is 11.1 Å². The summed E-state index contributed by atoms with van der Waals surface area (Å²) in [4.78, 5) is 19.8. The Morgan fingerprint density at radius 1 is 1.03 bits per heavy atom. The highest BCUT2D eigenvalue weighted by molar-refractivity contribution is 7.89. The molecule has 13 heteroatoms. The molecule has 3 heterocycles. The predicted molar refractivity (Wildman–Crippen MR) is 119 cm³/mol. The number of alkyl halides is 4. The topological polar surface area (TPSA) is 80.2 Å². The van der Waals surface area contributed by atoms with Crippen LogP contribution in [-0.4, -0.2) is 47.2 Å². The molecule has 3 aromatic rings. The molecule has 2 atom stereocenters. The zero-order valence-corrected chi connectivity index (χ0v) is 19.7. The molecule has 0 unspecified atom stereocenters. The van der Waals surface area contributed by atoms with E-state index in [0.29, 0.717) is 6.07 Å². The zero-order chi connectivity index (χ0) is 27.0. The second-order valence-corrected chi connectivity index (χ2v) is 10.3. The molecule has 2 aromatic heterocycles. The number of rotatable bonds is 7. The second-order valence-electron chi connectivity index (χ2n) is 8.43. The van der Waals surface area contributed by atoms with Crippen LogP contribution in [0.4, 0.5) is 26.3 Å². The quantitative estimate of drug-likeness (QED) is 0.402. The maximum absolute atomic E-state index is 14.3. The summed E-state index contributed by atoms with van der Waals surface area (Å²) in [6.45, 7) is -0.532. The molecule has 0 N–H and O–H groups in total. The average Bonchev–Trinajstić information content (AvgIpc) is 3.26. The van der Waals surface area contributed by atoms with Gasteiger partial charge in [0.15, 0.2) is 5.78 Å². The molecule has 37 heavy (non-hydrogen) atoms. The molecular formula is C24H19F6N3O3S. The number of Topliss-reactive ketones (excluding diaryl/α,β-unsaturated/α-hetero) is 1. The van der Waals surface area contributed by atoms with Crippen molar-refractivity contribution in [1.29, 1.82) is 0 Å². The number of halogens is 6. The number of benzene rings is 1. The number of nitrogens with zero attached hydrogens (tertiary/aromatic N) is 3. The molecule has 196 valence electrons. The third-order valence-electron chi connectivity index (χ3n) is 5.90. The van der Waals surface area contributed by atoms with Crippen molar-refractivity contribution in [2.75, 3.05) is 6.54 Å². The van der Waals surface area contributed by atoms with Crippen molar-refractivity contribution >= 4 is 15.8 Å². The van der Waals surface area contributed by atoms with E-state index >= 15 is 0 Å². The summed E-state index contributed by atoms with van der Waals surface area (Å²) < 4.78 is 107. The summed E-state index contributed by atoms with van der Waals surface area (Å²) >= 11 is 0. The molecule has 1 aliphatic heterocycles. The van der Waals surface area contributed by atoms with Crippen LogP contribution in [0, 0.1) is 11.6 Å². The molecule has 1 fully saturated rings. The molecule has 1 aromatic carbocycles. The van der Waals surface area contributed by atoms with Gasteiger partial charge in [0.1, 0.15) is 23.5 Å². The van der Waals surface area contributed by atoms with E-state index in [1.807, 2.05) is 0 Å². The zero-order valence-electron chi connectivity index (χ0n) is 18.9. The van der Waals surface area contributed by atoms with Crippen LogP contribution in [0.3, 0.4) is 0 Å². The number of aromatic nitrogens is 2. The lowest BCUT2D eigenvalue weighted by Gasteiger charge is -2.22. The molecular weight excluding hydrogens is 524 g/mol. The van der Waals surface area contributed by atoms with E-state index in [1.165, 1.54) is 6.07 Å². The van der Waals surface area contributed by atoms with Gasteiger partial charge in [0.25, 0.3) is 0 Å². The monoisotopic (exact) mass is 543 g/mol. The summed E-state index contributed by atoms with van der Waals surface area (Å²) in [6, 6.07) is 5.67. The summed E-state index contributed by atoms with van der Waals surface area (Å²) in [5.74, 6) is -2.06. The Labute approximate surface area is 208 Å². The van der Waals surface area contributed by atoms with Crippen LogP contribution in [0.15, 0.2) is 59.8 Å². The highest BCUT2D eigenvalue weighted by Gasteiger charge is 2.43. The van der Waals surface area contributed by atoms with Crippen molar-refractivity contribution in [2.45, 2.75) is 42.5 Å². The number of ketones is 1. The fourth-order valence-electron chi connectivity index (χ4n) is 4.04. The number of aryl methyl sites for hydroxylation is 1. The number of carbonyl (C=O) groups excluding carboxylic acids is 1. The van der Waals surface area contributed by atoms with Crippen LogP contribution in [0.1, 0.15) is 24.2 Å². The van der Waals surface area contributed by atoms with Gasteiger partial charge < -0.3 is 0 Å². The molecule has 0 amide bonds. The van der Waals surface area contributed by atoms with Crippen LogP contribution in [0.5, 0.6) is 0 Å². The highest BCUT2D eigenvalue weighted by Crippen LogP contribution is 2.31. The first-order chi connectivity index (χ1) is 17.4. The molecule has 6 nitrogen and oxygen atoms in total. The Hall–Kier alpha value is -3.32. The number of carbonyl (C=O) groups is 1. The number of sulfonamides is 1. The Bertz CT molecular complexity index is 1400. The van der Waals surface area contributed by atoms with Gasteiger partial charge >= 0.3 is 6.18 Å². The normalized spacial score (nSPS) is 18.8. The first-order valence-electron chi connectivity index (χ1n) is 11.0. The van der Waals surface area contributed by atoms with Gasteiger partial charge in [0.2, 0.25) is 10.0 Å². The van der Waals surface area contributed by atoms with Gasteiger partial charge in [-0.2, -0.15) is 17.5 Å². The Morgan fingerprint density at radius 3 is 2.35 bits per heavy atom. The first kappa shape index (κ1) is 26.7. The van der Waals surface area contributed by atoms with Crippen LogP contribution < -0.4 is 0 Å². The number of pyridine rings is 2. The van der Waals surface area contributed by atoms with E-state index in [9.17, 15) is 39.6 Å². The Morgan fingerprint density at radius 2 is 1.73 bits per heavy atom. The fraction of sp³-hybridized carbons (Fsp3) is 0.292. The maximum atomic E-state index is 14.3. The summed E-state index contributed by atoms with van der Waals surface area (Å²) in [5, 5.41) is 0. The third-order valence-corrected chi connectivity index (χ3v) is 7.79. The minimum Gasteiger partial charge on any atom is -0.298 e. The van der Waals surface area contributed by atoms with Crippen LogP contribution in [-0.2, 0) is 27.4 Å². The van der Waals surface area contributed by atoms with Crippen molar-refractivity contribution < 1.29 is 39.6 Å². The summed E-state index contributed by atoms with van der Waals surface area (Å²) in [6.07, 6.45) is -5.17. The molecule has 4 rings (SSSR count). The maximum Gasteiger partial charge on any atom is 0.433 e. The van der Waals surface area contributed by atoms with Gasteiger partial charge in [-0.05, 0) is 42.8 Å². The van der Waals surface area contributed by atoms with Gasteiger partial charge in [-0.15, -0.1) is 0 Å². The lowest BCUT2D eigenvalue weighted by molar-refractivity contribution is -0.141. The highest BCUT2D eigenvalue weighted by atomic mass is 32.2. The number of hydrogen-bond acceptors (Lipinski definition) is 5. The van der Waals surface area contributed by atoms with Gasteiger partial charge in [-0.1, -0.05) is 6.07 Å². The van der Waals surface area contributed by atoms with Gasteiger partial charge in [0, 0.05) is 42.4 Å². The lowest BCUT2D eigenvalue weighted by Crippen LogP contribution is -2.40. The minimum atomic E-state index is -4.66. The van der Waals surface area contributed by atoms with Crippen molar-refractivity contribution in [2.24, 2.45) is 0 Å². The summed E-state index contributed by atoms with van der Waals surface area (Å²) in [7, 11) is -4.27. The molecule has 0 bridgehead atoms. The van der Waals surface area contributed by atoms with E-state index < -0.39 is 58.1 Å². The average molecular weight is 543 g/mol. The van der Waals surface area contributed by atoms with Crippen molar-refractivity contribution in [1.82, 2.24) is 14.3 Å². The predicted octanol–water partition coefficient (Wildman–Crippen LogP) is 4.74. The smallest absolute Gasteiger partial charge is 0.298 e. The fourth-order valence-corrected chi connectivity index (χ4v) is 5.68. The molecule has 1 aliphatic rings. The standard InChI is InChI=1S/C24H19F6N3O3S/c25-15-2-5-18(6-3-15)37(35,36)33-13-16(26)9-21(33)22(34)7-4-17-10-19(20(27)12-31-17)14-1-8-23(32-11-14)24(28,29)30/h1-3,5-6,8,10-12,16,21H,4,7,9,13H2/t16-,21+/m1/s1. The minimum absolute atomic E-state index is 0.0575. The first-order valence-corrected chi connectivity index (χ1v) is 12.4. The second kappa shape index (κ2) is 10.2. The van der Waals surface area contributed by atoms with Crippen molar-refractivity contribution in [3.05, 3.63) is 77.9 Å². The van der Waals surface area contributed by atoms with E-state index in [2.05, 4.69) is 9.97 Å². The van der Waals surface area contributed by atoms with Crippen LogP contribution >= 0.6 is 0 Å². The van der Waals surface area contributed by atoms with Crippen LogP contribution in [0.2, 0.25) is 0 Å². The molecule has 1 saturated heterocycles. The van der Waals surface area contributed by atoms with Crippen molar-refractivity contribution in [3.63, 3.8) is 0 Å². The summed E-state index contributed by atoms with van der Waals surface area (Å²) in [5.41, 5.74) is -0.941. The lowest BCUT2D eigenvalue weighted by atomic mass is 10.0. The van der Waals surface area contributed by atoms with E-state index in [4.69, 9.17) is 0 Å². The SMILES string of the molecule is O=C(CCc1cc(-c2ccc(C(F)(F)F)nc2)c(F)cn1)[C@@H]1C[C@@H](F)CN1S(=O)(=O)c1ccc(F)cc1.